The number of aromatic nitrogens is 5. The van der Waals surface area contributed by atoms with Crippen molar-refractivity contribution in [1.82, 2.24) is 25.2 Å². The van der Waals surface area contributed by atoms with Crippen molar-refractivity contribution in [2.24, 2.45) is 0 Å². The van der Waals surface area contributed by atoms with Crippen LogP contribution in [0.2, 0.25) is 0 Å². The molecule has 0 aliphatic carbocycles. The summed E-state index contributed by atoms with van der Waals surface area (Å²) in [5.41, 5.74) is 1.47. The van der Waals surface area contributed by atoms with Gasteiger partial charge in [0.15, 0.2) is 0 Å². The van der Waals surface area contributed by atoms with Gasteiger partial charge in [0, 0.05) is 24.1 Å². The van der Waals surface area contributed by atoms with Gasteiger partial charge in [0.1, 0.15) is 12.4 Å². The summed E-state index contributed by atoms with van der Waals surface area (Å²) in [7, 11) is 0. The molecule has 2 aromatic heterocycles. The standard InChI is InChI=1S/C13H11ClFN5O/c14-6-5-11-7-20(19-16-11)8-12-17-18-13(21-12)9-1-3-10(15)4-2-9/h1-4,7H,5-6,8H2. The Hall–Kier alpha value is -2.28. The zero-order valence-corrected chi connectivity index (χ0v) is 11.7. The van der Waals surface area contributed by atoms with Gasteiger partial charge < -0.3 is 4.42 Å². The van der Waals surface area contributed by atoms with Gasteiger partial charge in [-0.05, 0) is 24.3 Å². The van der Waals surface area contributed by atoms with Crippen molar-refractivity contribution in [1.29, 1.82) is 0 Å². The molecular weight excluding hydrogens is 297 g/mol. The lowest BCUT2D eigenvalue weighted by molar-refractivity contribution is 0.469. The first kappa shape index (κ1) is 13.7. The predicted molar refractivity (Wildman–Crippen MR) is 73.2 cm³/mol. The van der Waals surface area contributed by atoms with Gasteiger partial charge >= 0.3 is 0 Å². The molecule has 0 amide bonds. The summed E-state index contributed by atoms with van der Waals surface area (Å²) < 4.78 is 20.0. The molecule has 8 heteroatoms. The van der Waals surface area contributed by atoms with Crippen LogP contribution >= 0.6 is 11.6 Å². The average Bonchev–Trinajstić information content (AvgIpc) is 3.11. The van der Waals surface area contributed by atoms with Gasteiger partial charge in [-0.3, -0.25) is 0 Å². The van der Waals surface area contributed by atoms with Crippen molar-refractivity contribution < 1.29 is 8.81 Å². The largest absolute Gasteiger partial charge is 0.419 e. The Morgan fingerprint density at radius 1 is 1.14 bits per heavy atom. The molecular formula is C13H11ClFN5O. The van der Waals surface area contributed by atoms with E-state index in [4.69, 9.17) is 16.0 Å². The molecule has 0 spiro atoms. The highest BCUT2D eigenvalue weighted by molar-refractivity contribution is 6.17. The Balaban J connectivity index is 1.73. The average molecular weight is 308 g/mol. The van der Waals surface area contributed by atoms with Crippen LogP contribution in [0.5, 0.6) is 0 Å². The van der Waals surface area contributed by atoms with E-state index in [1.165, 1.54) is 12.1 Å². The van der Waals surface area contributed by atoms with Gasteiger partial charge in [0.05, 0.1) is 5.69 Å². The third-order valence-corrected chi connectivity index (χ3v) is 2.98. The van der Waals surface area contributed by atoms with Crippen LogP contribution in [-0.2, 0) is 13.0 Å². The minimum Gasteiger partial charge on any atom is -0.419 e. The van der Waals surface area contributed by atoms with Crippen molar-refractivity contribution in [3.8, 4) is 11.5 Å². The maximum absolute atomic E-state index is 12.9. The molecule has 3 aromatic rings. The molecule has 21 heavy (non-hydrogen) atoms. The molecule has 0 bridgehead atoms. The summed E-state index contributed by atoms with van der Waals surface area (Å²) in [6.07, 6.45) is 2.44. The third kappa shape index (κ3) is 3.25. The second-order valence-corrected chi connectivity index (χ2v) is 4.73. The minimum absolute atomic E-state index is 0.312. The molecule has 3 rings (SSSR count). The minimum atomic E-state index is -0.312. The molecule has 2 heterocycles. The number of aryl methyl sites for hydroxylation is 1. The Morgan fingerprint density at radius 2 is 1.95 bits per heavy atom. The fourth-order valence-corrected chi connectivity index (χ4v) is 1.99. The lowest BCUT2D eigenvalue weighted by Crippen LogP contribution is -2.00. The quantitative estimate of drug-likeness (QED) is 0.676. The molecule has 0 unspecified atom stereocenters. The number of hydrogen-bond donors (Lipinski definition) is 0. The molecule has 0 N–H and O–H groups in total. The highest BCUT2D eigenvalue weighted by atomic mass is 35.5. The fourth-order valence-electron chi connectivity index (χ4n) is 1.79. The second-order valence-electron chi connectivity index (χ2n) is 4.35. The van der Waals surface area contributed by atoms with Crippen LogP contribution in [0.3, 0.4) is 0 Å². The van der Waals surface area contributed by atoms with Crippen LogP contribution in [0, 0.1) is 5.82 Å². The van der Waals surface area contributed by atoms with Gasteiger partial charge in [0.25, 0.3) is 0 Å². The van der Waals surface area contributed by atoms with Crippen LogP contribution in [0.4, 0.5) is 4.39 Å². The van der Waals surface area contributed by atoms with Gasteiger partial charge in [0.2, 0.25) is 11.8 Å². The smallest absolute Gasteiger partial charge is 0.247 e. The van der Waals surface area contributed by atoms with Gasteiger partial charge in [-0.2, -0.15) is 0 Å². The molecule has 6 nitrogen and oxygen atoms in total. The van der Waals surface area contributed by atoms with E-state index < -0.39 is 0 Å². The molecule has 0 saturated carbocycles. The highest BCUT2D eigenvalue weighted by Gasteiger charge is 2.10. The fraction of sp³-hybridized carbons (Fsp3) is 0.231. The summed E-state index contributed by atoms with van der Waals surface area (Å²) in [6, 6.07) is 5.85. The van der Waals surface area contributed by atoms with Crippen LogP contribution < -0.4 is 0 Å². The first-order chi connectivity index (χ1) is 10.2. The van der Waals surface area contributed by atoms with Crippen LogP contribution in [0.15, 0.2) is 34.9 Å². The van der Waals surface area contributed by atoms with Gasteiger partial charge in [-0.1, -0.05) is 5.21 Å². The van der Waals surface area contributed by atoms with Crippen molar-refractivity contribution in [2.45, 2.75) is 13.0 Å². The lowest BCUT2D eigenvalue weighted by atomic mass is 10.2. The van der Waals surface area contributed by atoms with E-state index in [0.717, 1.165) is 5.69 Å². The number of halogens is 2. The first-order valence-electron chi connectivity index (χ1n) is 6.28. The zero-order valence-electron chi connectivity index (χ0n) is 10.9. The second kappa shape index (κ2) is 6.01. The van der Waals surface area contributed by atoms with Gasteiger partial charge in [-0.25, -0.2) is 9.07 Å². The topological polar surface area (TPSA) is 69.6 Å². The Morgan fingerprint density at radius 3 is 2.71 bits per heavy atom. The van der Waals surface area contributed by atoms with E-state index in [0.29, 0.717) is 36.2 Å². The van der Waals surface area contributed by atoms with Crippen LogP contribution in [0.1, 0.15) is 11.6 Å². The first-order valence-corrected chi connectivity index (χ1v) is 6.81. The summed E-state index contributed by atoms with van der Waals surface area (Å²) in [5, 5.41) is 15.8. The summed E-state index contributed by atoms with van der Waals surface area (Å²) in [4.78, 5) is 0. The molecule has 0 aliphatic heterocycles. The van der Waals surface area contributed by atoms with E-state index in [-0.39, 0.29) is 5.82 Å². The number of rotatable bonds is 5. The number of alkyl halides is 1. The normalized spacial score (nSPS) is 11.0. The Kier molecular flexibility index (Phi) is 3.92. The van der Waals surface area contributed by atoms with E-state index in [1.807, 2.05) is 0 Å². The molecule has 0 aliphatic rings. The van der Waals surface area contributed by atoms with E-state index in [9.17, 15) is 4.39 Å². The van der Waals surface area contributed by atoms with E-state index in [2.05, 4.69) is 20.5 Å². The maximum Gasteiger partial charge on any atom is 0.247 e. The highest BCUT2D eigenvalue weighted by Crippen LogP contribution is 2.18. The van der Waals surface area contributed by atoms with Crippen molar-refractivity contribution >= 4 is 11.6 Å². The van der Waals surface area contributed by atoms with Crippen LogP contribution in [-0.4, -0.2) is 31.1 Å². The summed E-state index contributed by atoms with van der Waals surface area (Å²) >= 11 is 5.64. The summed E-state index contributed by atoms with van der Waals surface area (Å²) in [5.74, 6) is 0.921. The predicted octanol–water partition coefficient (Wildman–Crippen LogP) is 2.30. The Bertz CT molecular complexity index is 724. The molecule has 0 radical (unpaired) electrons. The zero-order chi connectivity index (χ0) is 14.7. The van der Waals surface area contributed by atoms with Crippen LogP contribution in [0.25, 0.3) is 11.5 Å². The van der Waals surface area contributed by atoms with E-state index in [1.54, 1.807) is 23.0 Å². The van der Waals surface area contributed by atoms with Gasteiger partial charge in [-0.15, -0.1) is 26.9 Å². The third-order valence-electron chi connectivity index (χ3n) is 2.79. The van der Waals surface area contributed by atoms with Crippen molar-refractivity contribution in [2.75, 3.05) is 5.88 Å². The lowest BCUT2D eigenvalue weighted by Gasteiger charge is -1.95. The maximum atomic E-state index is 12.9. The monoisotopic (exact) mass is 307 g/mol. The summed E-state index contributed by atoms with van der Waals surface area (Å²) in [6.45, 7) is 0.323. The number of hydrogen-bond acceptors (Lipinski definition) is 5. The number of benzene rings is 1. The molecule has 108 valence electrons. The molecule has 1 aromatic carbocycles. The molecule has 0 atom stereocenters. The SMILES string of the molecule is Fc1ccc(-c2nnc(Cn3cc(CCCl)nn3)o2)cc1. The van der Waals surface area contributed by atoms with Crippen molar-refractivity contribution in [3.63, 3.8) is 0 Å². The Labute approximate surface area is 124 Å². The molecule has 0 saturated heterocycles. The number of nitrogens with zero attached hydrogens (tertiary/aromatic N) is 5. The van der Waals surface area contributed by atoms with Crippen molar-refractivity contribution in [3.05, 3.63) is 47.9 Å². The molecule has 0 fully saturated rings. The van der Waals surface area contributed by atoms with E-state index >= 15 is 0 Å².